The Kier molecular flexibility index (Phi) is 5.11. The number of carbonyl (C=O) groups excluding carboxylic acids is 1. The summed E-state index contributed by atoms with van der Waals surface area (Å²) >= 11 is 0. The second-order valence-electron chi connectivity index (χ2n) is 6.03. The molecule has 0 saturated carbocycles. The van der Waals surface area contributed by atoms with Crippen molar-refractivity contribution in [2.75, 3.05) is 19.5 Å². The van der Waals surface area contributed by atoms with Crippen molar-refractivity contribution in [1.82, 2.24) is 9.55 Å². The molecule has 136 valence electrons. The van der Waals surface area contributed by atoms with Gasteiger partial charge in [-0.3, -0.25) is 4.79 Å². The zero-order valence-corrected chi connectivity index (χ0v) is 15.5. The average Bonchev–Trinajstić information content (AvgIpc) is 3.00. The Morgan fingerprint density at radius 1 is 1.15 bits per heavy atom. The molecule has 0 aliphatic heterocycles. The van der Waals surface area contributed by atoms with Gasteiger partial charge < -0.3 is 19.4 Å². The SMILES string of the molecule is CCc1nc2ccccc2n1CC(=O)Nc1cc(OC)c(OC)cc1C. The number of nitrogens with zero attached hydrogens (tertiary/aromatic N) is 2. The Bertz CT molecular complexity index is 947. The molecule has 6 heteroatoms. The van der Waals surface area contributed by atoms with E-state index in [0.29, 0.717) is 17.2 Å². The molecule has 3 aromatic rings. The first kappa shape index (κ1) is 17.8. The van der Waals surface area contributed by atoms with E-state index in [2.05, 4.69) is 10.3 Å². The van der Waals surface area contributed by atoms with Crippen molar-refractivity contribution < 1.29 is 14.3 Å². The Morgan fingerprint density at radius 2 is 1.85 bits per heavy atom. The number of imidazole rings is 1. The second kappa shape index (κ2) is 7.47. The van der Waals surface area contributed by atoms with E-state index in [1.54, 1.807) is 20.3 Å². The van der Waals surface area contributed by atoms with E-state index in [1.165, 1.54) is 0 Å². The predicted molar refractivity (Wildman–Crippen MR) is 102 cm³/mol. The summed E-state index contributed by atoms with van der Waals surface area (Å²) in [6.07, 6.45) is 0.761. The van der Waals surface area contributed by atoms with E-state index < -0.39 is 0 Å². The predicted octanol–water partition coefficient (Wildman–Crippen LogP) is 3.56. The third-order valence-electron chi connectivity index (χ3n) is 4.36. The van der Waals surface area contributed by atoms with E-state index >= 15 is 0 Å². The molecule has 0 fully saturated rings. The third kappa shape index (κ3) is 3.35. The summed E-state index contributed by atoms with van der Waals surface area (Å²) in [5.41, 5.74) is 3.47. The van der Waals surface area contributed by atoms with Gasteiger partial charge in [0.2, 0.25) is 5.91 Å². The first-order chi connectivity index (χ1) is 12.6. The number of hydrogen-bond donors (Lipinski definition) is 1. The highest BCUT2D eigenvalue weighted by atomic mass is 16.5. The quantitative estimate of drug-likeness (QED) is 0.736. The lowest BCUT2D eigenvalue weighted by Crippen LogP contribution is -2.20. The topological polar surface area (TPSA) is 65.4 Å². The van der Waals surface area contributed by atoms with Crippen LogP contribution in [0.4, 0.5) is 5.69 Å². The van der Waals surface area contributed by atoms with E-state index in [0.717, 1.165) is 28.8 Å². The van der Waals surface area contributed by atoms with Gasteiger partial charge in [-0.05, 0) is 30.7 Å². The Hall–Kier alpha value is -3.02. The number of hydrogen-bond acceptors (Lipinski definition) is 4. The molecule has 3 rings (SSSR count). The van der Waals surface area contributed by atoms with Crippen LogP contribution in [0.5, 0.6) is 11.5 Å². The zero-order chi connectivity index (χ0) is 18.7. The van der Waals surface area contributed by atoms with Crippen LogP contribution in [0.3, 0.4) is 0 Å². The molecule has 0 atom stereocenters. The highest BCUT2D eigenvalue weighted by Gasteiger charge is 2.15. The third-order valence-corrected chi connectivity index (χ3v) is 4.36. The number of fused-ring (bicyclic) bond motifs is 1. The minimum atomic E-state index is -0.113. The lowest BCUT2D eigenvalue weighted by atomic mass is 10.1. The number of methoxy groups -OCH3 is 2. The van der Waals surface area contributed by atoms with Crippen LogP contribution in [0.1, 0.15) is 18.3 Å². The molecule has 1 amide bonds. The van der Waals surface area contributed by atoms with Crippen LogP contribution in [-0.4, -0.2) is 29.7 Å². The fourth-order valence-corrected chi connectivity index (χ4v) is 3.02. The second-order valence-corrected chi connectivity index (χ2v) is 6.03. The fraction of sp³-hybridized carbons (Fsp3) is 0.300. The van der Waals surface area contributed by atoms with Crippen LogP contribution in [0, 0.1) is 6.92 Å². The number of benzene rings is 2. The molecule has 0 aliphatic carbocycles. The number of ether oxygens (including phenoxy) is 2. The van der Waals surface area contributed by atoms with Gasteiger partial charge in [0.1, 0.15) is 12.4 Å². The standard InChI is InChI=1S/C20H23N3O3/c1-5-19-21-14-8-6-7-9-16(14)23(19)12-20(24)22-15-11-18(26-4)17(25-3)10-13(15)2/h6-11H,5,12H2,1-4H3,(H,22,24). The Labute approximate surface area is 152 Å². The van der Waals surface area contributed by atoms with E-state index in [9.17, 15) is 4.79 Å². The van der Waals surface area contributed by atoms with Gasteiger partial charge in [-0.1, -0.05) is 19.1 Å². The number of rotatable bonds is 6. The smallest absolute Gasteiger partial charge is 0.244 e. The number of carbonyl (C=O) groups is 1. The maximum Gasteiger partial charge on any atom is 0.244 e. The molecule has 6 nitrogen and oxygen atoms in total. The maximum absolute atomic E-state index is 12.7. The highest BCUT2D eigenvalue weighted by molar-refractivity contribution is 5.93. The summed E-state index contributed by atoms with van der Waals surface area (Å²) in [6.45, 7) is 4.16. The van der Waals surface area contributed by atoms with Crippen LogP contribution >= 0.6 is 0 Å². The van der Waals surface area contributed by atoms with E-state index in [-0.39, 0.29) is 12.5 Å². The number of amides is 1. The van der Waals surface area contributed by atoms with Crippen molar-refractivity contribution >= 4 is 22.6 Å². The lowest BCUT2D eigenvalue weighted by Gasteiger charge is -2.14. The first-order valence-electron chi connectivity index (χ1n) is 8.54. The van der Waals surface area contributed by atoms with Gasteiger partial charge in [-0.25, -0.2) is 4.98 Å². The molecule has 1 heterocycles. The van der Waals surface area contributed by atoms with Crippen molar-refractivity contribution in [2.45, 2.75) is 26.8 Å². The van der Waals surface area contributed by atoms with E-state index in [1.807, 2.05) is 48.7 Å². The molecular weight excluding hydrogens is 330 g/mol. The van der Waals surface area contributed by atoms with Crippen LogP contribution in [0.15, 0.2) is 36.4 Å². The number of aryl methyl sites for hydroxylation is 2. The van der Waals surface area contributed by atoms with Crippen LogP contribution in [0.25, 0.3) is 11.0 Å². The average molecular weight is 353 g/mol. The van der Waals surface area contributed by atoms with Gasteiger partial charge in [0, 0.05) is 18.2 Å². The van der Waals surface area contributed by atoms with Crippen molar-refractivity contribution in [2.24, 2.45) is 0 Å². The summed E-state index contributed by atoms with van der Waals surface area (Å²) in [5, 5.41) is 2.97. The molecule has 0 spiro atoms. The number of para-hydroxylation sites is 2. The van der Waals surface area contributed by atoms with Gasteiger partial charge in [0.05, 0.1) is 25.3 Å². The molecule has 26 heavy (non-hydrogen) atoms. The highest BCUT2D eigenvalue weighted by Crippen LogP contribution is 2.33. The molecule has 0 aliphatic rings. The van der Waals surface area contributed by atoms with Crippen LogP contribution in [-0.2, 0) is 17.8 Å². The summed E-state index contributed by atoms with van der Waals surface area (Å²) in [6, 6.07) is 11.5. The van der Waals surface area contributed by atoms with Crippen molar-refractivity contribution in [3.8, 4) is 11.5 Å². The van der Waals surface area contributed by atoms with Crippen LogP contribution < -0.4 is 14.8 Å². The lowest BCUT2D eigenvalue weighted by molar-refractivity contribution is -0.116. The monoisotopic (exact) mass is 353 g/mol. The van der Waals surface area contributed by atoms with E-state index in [4.69, 9.17) is 9.47 Å². The van der Waals surface area contributed by atoms with Crippen molar-refractivity contribution in [3.63, 3.8) is 0 Å². The number of aromatic nitrogens is 2. The van der Waals surface area contributed by atoms with Gasteiger partial charge in [0.15, 0.2) is 11.5 Å². The Balaban J connectivity index is 1.86. The summed E-state index contributed by atoms with van der Waals surface area (Å²) < 4.78 is 12.6. The summed E-state index contributed by atoms with van der Waals surface area (Å²) in [7, 11) is 3.16. The molecule has 1 aromatic heterocycles. The van der Waals surface area contributed by atoms with Gasteiger partial charge >= 0.3 is 0 Å². The zero-order valence-electron chi connectivity index (χ0n) is 15.5. The minimum absolute atomic E-state index is 0.113. The van der Waals surface area contributed by atoms with Gasteiger partial charge in [-0.15, -0.1) is 0 Å². The molecule has 0 unspecified atom stereocenters. The molecule has 0 saturated heterocycles. The number of anilines is 1. The molecular formula is C20H23N3O3. The molecule has 0 bridgehead atoms. The fourth-order valence-electron chi connectivity index (χ4n) is 3.02. The molecule has 2 aromatic carbocycles. The van der Waals surface area contributed by atoms with Crippen LogP contribution in [0.2, 0.25) is 0 Å². The summed E-state index contributed by atoms with van der Waals surface area (Å²) in [5.74, 6) is 2.00. The molecule has 0 radical (unpaired) electrons. The number of nitrogens with one attached hydrogen (secondary N) is 1. The largest absolute Gasteiger partial charge is 0.493 e. The van der Waals surface area contributed by atoms with Gasteiger partial charge in [0.25, 0.3) is 0 Å². The molecule has 1 N–H and O–H groups in total. The maximum atomic E-state index is 12.7. The minimum Gasteiger partial charge on any atom is -0.493 e. The normalized spacial score (nSPS) is 10.8. The Morgan fingerprint density at radius 3 is 2.54 bits per heavy atom. The van der Waals surface area contributed by atoms with Gasteiger partial charge in [-0.2, -0.15) is 0 Å². The van der Waals surface area contributed by atoms with Crippen molar-refractivity contribution in [3.05, 3.63) is 47.8 Å². The summed E-state index contributed by atoms with van der Waals surface area (Å²) in [4.78, 5) is 17.3. The van der Waals surface area contributed by atoms with Crippen molar-refractivity contribution in [1.29, 1.82) is 0 Å². The first-order valence-corrected chi connectivity index (χ1v) is 8.54.